The molecule has 2 N–H and O–H groups in total. The molecule has 104 valence electrons. The van der Waals surface area contributed by atoms with Crippen LogP contribution in [0.3, 0.4) is 0 Å². The van der Waals surface area contributed by atoms with Gasteiger partial charge in [-0.1, -0.05) is 15.9 Å². The topological polar surface area (TPSA) is 80.5 Å². The Bertz CT molecular complexity index is 615. The van der Waals surface area contributed by atoms with Crippen LogP contribution in [0.1, 0.15) is 22.3 Å². The van der Waals surface area contributed by atoms with E-state index in [1.54, 1.807) is 17.0 Å². The first-order valence-electron chi connectivity index (χ1n) is 5.86. The Labute approximate surface area is 121 Å². The zero-order chi connectivity index (χ0) is 14.2. The summed E-state index contributed by atoms with van der Waals surface area (Å²) < 4.78 is 23.5. The minimum absolute atomic E-state index is 0.142. The second-order valence-electron chi connectivity index (χ2n) is 4.71. The van der Waals surface area contributed by atoms with Crippen molar-refractivity contribution in [1.29, 1.82) is 0 Å². The molecule has 1 saturated heterocycles. The summed E-state index contributed by atoms with van der Waals surface area (Å²) in [5.74, 6) is -0.142. The number of sulfonamides is 1. The molecule has 0 aromatic heterocycles. The van der Waals surface area contributed by atoms with Crippen molar-refractivity contribution in [3.05, 3.63) is 33.8 Å². The van der Waals surface area contributed by atoms with Crippen molar-refractivity contribution in [2.45, 2.75) is 18.6 Å². The number of amides is 1. The molecule has 19 heavy (non-hydrogen) atoms. The van der Waals surface area contributed by atoms with Crippen LogP contribution in [0.5, 0.6) is 0 Å². The Morgan fingerprint density at radius 2 is 2.16 bits per heavy atom. The lowest BCUT2D eigenvalue weighted by atomic mass is 10.1. The van der Waals surface area contributed by atoms with E-state index in [4.69, 9.17) is 5.14 Å². The molecule has 0 bridgehead atoms. The molecule has 0 spiro atoms. The average Bonchev–Trinajstić information content (AvgIpc) is 2.76. The number of carbonyl (C=O) groups is 1. The second kappa shape index (κ2) is 5.22. The molecule has 2 rings (SSSR count). The molecule has 1 aliphatic rings. The van der Waals surface area contributed by atoms with Gasteiger partial charge in [0.1, 0.15) is 0 Å². The van der Waals surface area contributed by atoms with Crippen molar-refractivity contribution in [2.24, 2.45) is 5.14 Å². The van der Waals surface area contributed by atoms with Crippen LogP contribution in [0.2, 0.25) is 0 Å². The van der Waals surface area contributed by atoms with Crippen LogP contribution in [0.15, 0.2) is 22.7 Å². The molecule has 1 aromatic rings. The molecule has 1 atom stereocenters. The number of rotatable bonds is 2. The van der Waals surface area contributed by atoms with E-state index < -0.39 is 15.3 Å². The third-order valence-electron chi connectivity index (χ3n) is 3.32. The van der Waals surface area contributed by atoms with Crippen LogP contribution in [0.4, 0.5) is 0 Å². The predicted molar refractivity (Wildman–Crippen MR) is 76.3 cm³/mol. The maximum absolute atomic E-state index is 12.3. The molecular formula is C12H15BrN2O3S. The Balaban J connectivity index is 2.18. The number of primary sulfonamides is 1. The molecular weight excluding hydrogens is 332 g/mol. The fraction of sp³-hybridized carbons (Fsp3) is 0.417. The number of hydrogen-bond donors (Lipinski definition) is 1. The molecule has 1 aliphatic heterocycles. The maximum atomic E-state index is 12.3. The van der Waals surface area contributed by atoms with Gasteiger partial charge in [0.05, 0.1) is 5.25 Å². The Morgan fingerprint density at radius 3 is 2.68 bits per heavy atom. The van der Waals surface area contributed by atoms with Crippen molar-refractivity contribution < 1.29 is 13.2 Å². The summed E-state index contributed by atoms with van der Waals surface area (Å²) in [7, 11) is -3.57. The summed E-state index contributed by atoms with van der Waals surface area (Å²) >= 11 is 3.34. The van der Waals surface area contributed by atoms with E-state index in [1.807, 2.05) is 13.0 Å². The summed E-state index contributed by atoms with van der Waals surface area (Å²) in [6.07, 6.45) is 0.403. The van der Waals surface area contributed by atoms with Gasteiger partial charge in [-0.3, -0.25) is 4.79 Å². The van der Waals surface area contributed by atoms with Crippen molar-refractivity contribution >= 4 is 31.9 Å². The van der Waals surface area contributed by atoms with Gasteiger partial charge in [0.15, 0.2) is 0 Å². The fourth-order valence-corrected chi connectivity index (χ4v) is 3.52. The highest BCUT2D eigenvalue weighted by molar-refractivity contribution is 9.10. The summed E-state index contributed by atoms with van der Waals surface area (Å²) in [6.45, 7) is 2.45. The average molecular weight is 347 g/mol. The van der Waals surface area contributed by atoms with Gasteiger partial charge in [-0.2, -0.15) is 0 Å². The van der Waals surface area contributed by atoms with E-state index in [0.29, 0.717) is 18.5 Å². The normalized spacial score (nSPS) is 19.7. The molecule has 0 aliphatic carbocycles. The zero-order valence-electron chi connectivity index (χ0n) is 10.5. The van der Waals surface area contributed by atoms with Gasteiger partial charge in [-0.15, -0.1) is 0 Å². The molecule has 1 unspecified atom stereocenters. The maximum Gasteiger partial charge on any atom is 0.254 e. The number of hydrogen-bond acceptors (Lipinski definition) is 3. The molecule has 7 heteroatoms. The monoisotopic (exact) mass is 346 g/mol. The van der Waals surface area contributed by atoms with Gasteiger partial charge in [-0.05, 0) is 37.1 Å². The lowest BCUT2D eigenvalue weighted by Gasteiger charge is -2.17. The highest BCUT2D eigenvalue weighted by Crippen LogP contribution is 2.21. The summed E-state index contributed by atoms with van der Waals surface area (Å²) in [4.78, 5) is 13.9. The van der Waals surface area contributed by atoms with Gasteiger partial charge in [-0.25, -0.2) is 13.6 Å². The van der Waals surface area contributed by atoms with Crippen LogP contribution in [0, 0.1) is 6.92 Å². The fourth-order valence-electron chi connectivity index (χ4n) is 2.22. The van der Waals surface area contributed by atoms with Gasteiger partial charge < -0.3 is 4.90 Å². The number of aryl methyl sites for hydroxylation is 1. The highest BCUT2D eigenvalue weighted by Gasteiger charge is 2.33. The number of carbonyl (C=O) groups excluding carboxylic acids is 1. The van der Waals surface area contributed by atoms with E-state index in [1.165, 1.54) is 0 Å². The van der Waals surface area contributed by atoms with Gasteiger partial charge in [0, 0.05) is 23.1 Å². The van der Waals surface area contributed by atoms with E-state index in [2.05, 4.69) is 15.9 Å². The minimum Gasteiger partial charge on any atom is -0.337 e. The van der Waals surface area contributed by atoms with E-state index in [-0.39, 0.29) is 12.5 Å². The van der Waals surface area contributed by atoms with Gasteiger partial charge in [0.2, 0.25) is 10.0 Å². The lowest BCUT2D eigenvalue weighted by molar-refractivity contribution is 0.0792. The third-order valence-corrected chi connectivity index (χ3v) is 5.12. The Kier molecular flexibility index (Phi) is 3.98. The SMILES string of the molecule is Cc1cc(Br)ccc1C(=O)N1CCC(S(N)(=O)=O)C1. The lowest BCUT2D eigenvalue weighted by Crippen LogP contribution is -2.34. The third kappa shape index (κ3) is 3.16. The Hall–Kier alpha value is -0.920. The Morgan fingerprint density at radius 1 is 1.47 bits per heavy atom. The summed E-state index contributed by atoms with van der Waals surface area (Å²) in [5, 5.41) is 4.47. The van der Waals surface area contributed by atoms with Gasteiger partial charge >= 0.3 is 0 Å². The van der Waals surface area contributed by atoms with Crippen molar-refractivity contribution in [3.63, 3.8) is 0 Å². The highest BCUT2D eigenvalue weighted by atomic mass is 79.9. The molecule has 1 amide bonds. The predicted octanol–water partition coefficient (Wildman–Crippen LogP) is 1.26. The quantitative estimate of drug-likeness (QED) is 0.875. The molecule has 0 radical (unpaired) electrons. The standard InChI is InChI=1S/C12H15BrN2O3S/c1-8-6-9(13)2-3-11(8)12(16)15-5-4-10(7-15)19(14,17)18/h2-3,6,10H,4-5,7H2,1H3,(H2,14,17,18). The number of likely N-dealkylation sites (tertiary alicyclic amines) is 1. The molecule has 1 fully saturated rings. The summed E-state index contributed by atoms with van der Waals surface area (Å²) in [6, 6.07) is 5.40. The van der Waals surface area contributed by atoms with Crippen molar-refractivity contribution in [3.8, 4) is 0 Å². The summed E-state index contributed by atoms with van der Waals surface area (Å²) in [5.41, 5.74) is 1.46. The number of halogens is 1. The number of nitrogens with two attached hydrogens (primary N) is 1. The first-order chi connectivity index (χ1) is 8.79. The molecule has 1 heterocycles. The van der Waals surface area contributed by atoms with Crippen LogP contribution in [-0.4, -0.2) is 37.6 Å². The first kappa shape index (κ1) is 14.5. The molecule has 1 aromatic carbocycles. The second-order valence-corrected chi connectivity index (χ2v) is 7.47. The van der Waals surface area contributed by atoms with Gasteiger partial charge in [0.25, 0.3) is 5.91 Å². The van der Waals surface area contributed by atoms with Crippen LogP contribution < -0.4 is 5.14 Å². The van der Waals surface area contributed by atoms with E-state index in [0.717, 1.165) is 10.0 Å². The minimum atomic E-state index is -3.57. The van der Waals surface area contributed by atoms with E-state index in [9.17, 15) is 13.2 Å². The smallest absolute Gasteiger partial charge is 0.254 e. The number of nitrogens with zero attached hydrogens (tertiary/aromatic N) is 1. The molecule has 0 saturated carbocycles. The first-order valence-corrected chi connectivity index (χ1v) is 8.26. The molecule has 5 nitrogen and oxygen atoms in total. The zero-order valence-corrected chi connectivity index (χ0v) is 12.9. The van der Waals surface area contributed by atoms with Crippen LogP contribution >= 0.6 is 15.9 Å². The largest absolute Gasteiger partial charge is 0.337 e. The van der Waals surface area contributed by atoms with Crippen LogP contribution in [-0.2, 0) is 10.0 Å². The van der Waals surface area contributed by atoms with Crippen LogP contribution in [0.25, 0.3) is 0 Å². The van der Waals surface area contributed by atoms with E-state index >= 15 is 0 Å². The van der Waals surface area contributed by atoms with Crippen molar-refractivity contribution in [2.75, 3.05) is 13.1 Å². The number of benzene rings is 1. The van der Waals surface area contributed by atoms with Crippen molar-refractivity contribution in [1.82, 2.24) is 4.90 Å².